The van der Waals surface area contributed by atoms with Crippen molar-refractivity contribution in [1.82, 2.24) is 4.90 Å². The Morgan fingerprint density at radius 1 is 0.591 bits per heavy atom. The number of carbonyl (C=O) groups is 2. The van der Waals surface area contributed by atoms with Crippen molar-refractivity contribution in [3.63, 3.8) is 0 Å². The summed E-state index contributed by atoms with van der Waals surface area (Å²) in [4.78, 5) is 27.4. The lowest BCUT2D eigenvalue weighted by Crippen LogP contribution is -2.20. The van der Waals surface area contributed by atoms with Gasteiger partial charge in [-0.1, -0.05) is 162 Å². The Morgan fingerprint density at radius 2 is 1.05 bits per heavy atom. The van der Waals surface area contributed by atoms with Crippen LogP contribution in [0.25, 0.3) is 0 Å². The molecule has 1 rings (SSSR count). The quantitative estimate of drug-likeness (QED) is 0.0555. The number of unbranched alkanes of at least 4 members (excludes halogenated alkanes) is 15. The average Bonchev–Trinajstić information content (AvgIpc) is 3.46. The predicted octanol–water partition coefficient (Wildman–Crippen LogP) is 11.9. The third kappa shape index (κ3) is 23.4. The van der Waals surface area contributed by atoms with Crippen LogP contribution < -0.4 is 0 Å². The molecule has 0 amide bonds. The maximum atomic E-state index is 12.8. The Hall–Kier alpha value is -0.900. The number of rotatable bonds is 32. The van der Waals surface area contributed by atoms with E-state index in [1.807, 2.05) is 0 Å². The van der Waals surface area contributed by atoms with E-state index in [4.69, 9.17) is 4.74 Å². The average molecular weight is 620 g/mol. The van der Waals surface area contributed by atoms with Crippen LogP contribution in [0.4, 0.5) is 0 Å². The summed E-state index contributed by atoms with van der Waals surface area (Å²) >= 11 is 0. The first-order valence-corrected chi connectivity index (χ1v) is 19.9. The molecule has 0 aromatic heterocycles. The molecule has 0 saturated carbocycles. The molecule has 4 nitrogen and oxygen atoms in total. The van der Waals surface area contributed by atoms with Crippen molar-refractivity contribution in [1.29, 1.82) is 0 Å². The standard InChI is InChI=1S/C40H77NO3/c1-5-8-11-12-13-16-21-26-36(29-30-39(42)38-31-33-41(4)35-38)27-22-17-14-15-18-23-28-40(43)44-34-32-37(24-19-9-6-2)25-20-10-7-3/h36-38H,5-35H2,1-4H3. The number of nitrogens with zero attached hydrogens (tertiary/aromatic N) is 1. The van der Waals surface area contributed by atoms with Gasteiger partial charge in [-0.25, -0.2) is 0 Å². The molecule has 0 aliphatic carbocycles. The summed E-state index contributed by atoms with van der Waals surface area (Å²) < 4.78 is 5.63. The highest BCUT2D eigenvalue weighted by molar-refractivity contribution is 5.81. The minimum absolute atomic E-state index is 0.0119. The Labute approximate surface area is 275 Å². The monoisotopic (exact) mass is 620 g/mol. The van der Waals surface area contributed by atoms with Gasteiger partial charge in [0.05, 0.1) is 6.61 Å². The van der Waals surface area contributed by atoms with Gasteiger partial charge in [0.15, 0.2) is 0 Å². The normalized spacial score (nSPS) is 16.2. The topological polar surface area (TPSA) is 46.6 Å². The fourth-order valence-electron chi connectivity index (χ4n) is 7.19. The molecule has 0 spiro atoms. The number of carbonyl (C=O) groups excluding carboxylic acids is 2. The molecule has 0 aromatic carbocycles. The minimum atomic E-state index is 0.0119. The van der Waals surface area contributed by atoms with Crippen molar-refractivity contribution < 1.29 is 14.3 Å². The van der Waals surface area contributed by atoms with Crippen LogP contribution in [0.2, 0.25) is 0 Å². The van der Waals surface area contributed by atoms with Gasteiger partial charge in [-0.05, 0) is 51.1 Å². The summed E-state index contributed by atoms with van der Waals surface area (Å²) in [5.41, 5.74) is 0. The van der Waals surface area contributed by atoms with E-state index in [-0.39, 0.29) is 5.97 Å². The van der Waals surface area contributed by atoms with Gasteiger partial charge in [0, 0.05) is 25.3 Å². The highest BCUT2D eigenvalue weighted by Gasteiger charge is 2.26. The van der Waals surface area contributed by atoms with E-state index >= 15 is 0 Å². The first-order valence-electron chi connectivity index (χ1n) is 19.9. The van der Waals surface area contributed by atoms with Crippen LogP contribution in [-0.2, 0) is 14.3 Å². The smallest absolute Gasteiger partial charge is 0.305 e. The summed E-state index contributed by atoms with van der Waals surface area (Å²) in [6.45, 7) is 9.49. The van der Waals surface area contributed by atoms with Crippen LogP contribution in [0.1, 0.15) is 201 Å². The number of esters is 1. The molecular weight excluding hydrogens is 542 g/mol. The van der Waals surface area contributed by atoms with Crippen LogP contribution in [0.15, 0.2) is 0 Å². The Kier molecular flexibility index (Phi) is 27.6. The van der Waals surface area contributed by atoms with E-state index in [1.165, 1.54) is 135 Å². The largest absolute Gasteiger partial charge is 0.466 e. The molecule has 260 valence electrons. The molecule has 44 heavy (non-hydrogen) atoms. The first kappa shape index (κ1) is 41.1. The molecule has 0 N–H and O–H groups in total. The summed E-state index contributed by atoms with van der Waals surface area (Å²) in [7, 11) is 2.14. The van der Waals surface area contributed by atoms with Crippen LogP contribution in [0, 0.1) is 17.8 Å². The van der Waals surface area contributed by atoms with Crippen molar-refractivity contribution in [3.05, 3.63) is 0 Å². The Morgan fingerprint density at radius 3 is 1.57 bits per heavy atom. The summed E-state index contributed by atoms with van der Waals surface area (Å²) in [6, 6.07) is 0. The SMILES string of the molecule is CCCCCCCCCC(CCCCCCCCC(=O)OCCC(CCCCC)CCCCC)CCC(=O)C1CCN(C)C1. The molecule has 2 unspecified atom stereocenters. The first-order chi connectivity index (χ1) is 21.5. The second-order valence-electron chi connectivity index (χ2n) is 14.6. The van der Waals surface area contributed by atoms with Crippen molar-refractivity contribution in [3.8, 4) is 0 Å². The van der Waals surface area contributed by atoms with Gasteiger partial charge >= 0.3 is 5.97 Å². The van der Waals surface area contributed by atoms with Crippen LogP contribution in [-0.4, -0.2) is 43.4 Å². The molecule has 0 bridgehead atoms. The number of ketones is 1. The molecule has 0 aromatic rings. The van der Waals surface area contributed by atoms with Crippen molar-refractivity contribution in [2.45, 2.75) is 201 Å². The third-order valence-corrected chi connectivity index (χ3v) is 10.3. The van der Waals surface area contributed by atoms with Gasteiger partial charge in [-0.2, -0.15) is 0 Å². The molecule has 4 heteroatoms. The van der Waals surface area contributed by atoms with E-state index in [9.17, 15) is 9.59 Å². The zero-order valence-corrected chi connectivity index (χ0v) is 30.3. The Balaban J connectivity index is 2.18. The minimum Gasteiger partial charge on any atom is -0.466 e. The lowest BCUT2D eigenvalue weighted by atomic mass is 9.88. The Bertz CT molecular complexity index is 655. The van der Waals surface area contributed by atoms with Crippen LogP contribution >= 0.6 is 0 Å². The zero-order valence-electron chi connectivity index (χ0n) is 30.3. The molecule has 1 fully saturated rings. The van der Waals surface area contributed by atoms with Gasteiger partial charge in [0.1, 0.15) is 5.78 Å². The highest BCUT2D eigenvalue weighted by atomic mass is 16.5. The molecular formula is C40H77NO3. The summed E-state index contributed by atoms with van der Waals surface area (Å²) in [5.74, 6) is 2.28. The van der Waals surface area contributed by atoms with Crippen molar-refractivity contribution in [2.24, 2.45) is 17.8 Å². The highest BCUT2D eigenvalue weighted by Crippen LogP contribution is 2.26. The predicted molar refractivity (Wildman–Crippen MR) is 190 cm³/mol. The third-order valence-electron chi connectivity index (χ3n) is 10.3. The van der Waals surface area contributed by atoms with E-state index < -0.39 is 0 Å². The summed E-state index contributed by atoms with van der Waals surface area (Å²) in [6.07, 6.45) is 34.4. The lowest BCUT2D eigenvalue weighted by Gasteiger charge is -2.18. The molecule has 1 aliphatic rings. The maximum Gasteiger partial charge on any atom is 0.305 e. The van der Waals surface area contributed by atoms with E-state index in [0.29, 0.717) is 24.7 Å². The fraction of sp³-hybridized carbons (Fsp3) is 0.950. The second kappa shape index (κ2) is 29.5. The van der Waals surface area contributed by atoms with Crippen molar-refractivity contribution >= 4 is 11.8 Å². The molecule has 1 heterocycles. The molecule has 0 radical (unpaired) electrons. The maximum absolute atomic E-state index is 12.8. The van der Waals surface area contributed by atoms with Gasteiger partial charge < -0.3 is 9.64 Å². The van der Waals surface area contributed by atoms with Gasteiger partial charge in [-0.15, -0.1) is 0 Å². The zero-order chi connectivity index (χ0) is 32.1. The number of ether oxygens (including phenoxy) is 1. The van der Waals surface area contributed by atoms with E-state index in [0.717, 1.165) is 63.5 Å². The van der Waals surface area contributed by atoms with Crippen molar-refractivity contribution in [2.75, 3.05) is 26.7 Å². The molecule has 1 aliphatic heterocycles. The fourth-order valence-corrected chi connectivity index (χ4v) is 7.19. The van der Waals surface area contributed by atoms with E-state index in [2.05, 4.69) is 32.7 Å². The van der Waals surface area contributed by atoms with Crippen LogP contribution in [0.5, 0.6) is 0 Å². The number of hydrogen-bond acceptors (Lipinski definition) is 4. The lowest BCUT2D eigenvalue weighted by molar-refractivity contribution is -0.144. The number of likely N-dealkylation sites (tertiary alicyclic amines) is 1. The molecule has 2 atom stereocenters. The van der Waals surface area contributed by atoms with Gasteiger partial charge in [0.2, 0.25) is 0 Å². The molecule has 1 saturated heterocycles. The van der Waals surface area contributed by atoms with Crippen LogP contribution in [0.3, 0.4) is 0 Å². The summed E-state index contributed by atoms with van der Waals surface area (Å²) in [5, 5.41) is 0. The number of Topliss-reactive ketones (excluding diaryl/α,β-unsaturated/α-hetero) is 1. The van der Waals surface area contributed by atoms with Gasteiger partial charge in [-0.3, -0.25) is 9.59 Å². The second-order valence-corrected chi connectivity index (χ2v) is 14.6. The van der Waals surface area contributed by atoms with Gasteiger partial charge in [0.25, 0.3) is 0 Å². The van der Waals surface area contributed by atoms with E-state index in [1.54, 1.807) is 0 Å². The number of hydrogen-bond donors (Lipinski definition) is 0.